The van der Waals surface area contributed by atoms with Gasteiger partial charge in [-0.3, -0.25) is 0 Å². The molecule has 0 spiro atoms. The van der Waals surface area contributed by atoms with Gasteiger partial charge in [-0.05, 0) is 36.3 Å². The van der Waals surface area contributed by atoms with Crippen molar-refractivity contribution in [2.24, 2.45) is 0 Å². The Labute approximate surface area is 137 Å². The maximum Gasteiger partial charge on any atom is 0.192 e. The molecule has 0 N–H and O–H groups in total. The summed E-state index contributed by atoms with van der Waals surface area (Å²) in [5.74, 6) is 0. The molecule has 0 radical (unpaired) electrons. The van der Waals surface area contributed by atoms with Crippen LogP contribution in [-0.2, 0) is 8.85 Å². The van der Waals surface area contributed by atoms with Crippen LogP contribution in [0.5, 0.6) is 0 Å². The molecule has 0 aliphatic rings. The maximum atomic E-state index is 6.23. The summed E-state index contributed by atoms with van der Waals surface area (Å²) in [5, 5.41) is 0.528. The molecule has 0 aromatic rings. The molecule has 0 aliphatic carbocycles. The Morgan fingerprint density at radius 2 is 1.00 bits per heavy atom. The molecule has 0 amide bonds. The first kappa shape index (κ1) is 20.8. The molecule has 0 fully saturated rings. The molecule has 20 heavy (non-hydrogen) atoms. The van der Waals surface area contributed by atoms with E-state index in [1.807, 2.05) is 0 Å². The van der Waals surface area contributed by atoms with Gasteiger partial charge in [0.1, 0.15) is 0 Å². The van der Waals surface area contributed by atoms with E-state index in [1.165, 1.54) is 0 Å². The number of halogens is 1. The van der Waals surface area contributed by atoms with Gasteiger partial charge in [-0.25, -0.2) is 0 Å². The van der Waals surface area contributed by atoms with Gasteiger partial charge >= 0.3 is 0 Å². The smallest absolute Gasteiger partial charge is 0.192 e. The number of rotatable bonds is 6. The van der Waals surface area contributed by atoms with E-state index in [2.05, 4.69) is 83.7 Å². The maximum absolute atomic E-state index is 6.23. The van der Waals surface area contributed by atoms with E-state index >= 15 is 0 Å². The molecule has 0 unspecified atom stereocenters. The molecule has 0 heterocycles. The van der Waals surface area contributed by atoms with Crippen molar-refractivity contribution in [3.8, 4) is 0 Å². The van der Waals surface area contributed by atoms with Crippen LogP contribution in [0.3, 0.4) is 0 Å². The standard InChI is InChI=1S/C15H35BrO2Si2/c1-14(2,3)19(7,8)17-11-13(16)12-18-20(9,10)15(4,5)6/h13H,11-12H2,1-10H3. The van der Waals surface area contributed by atoms with Crippen LogP contribution in [0, 0.1) is 0 Å². The second-order valence-electron chi connectivity index (χ2n) is 8.74. The lowest BCUT2D eigenvalue weighted by Gasteiger charge is -2.38. The first-order chi connectivity index (χ1) is 8.60. The highest BCUT2D eigenvalue weighted by molar-refractivity contribution is 9.09. The molecule has 122 valence electrons. The monoisotopic (exact) mass is 382 g/mol. The highest BCUT2D eigenvalue weighted by Crippen LogP contribution is 2.38. The lowest BCUT2D eigenvalue weighted by Crippen LogP contribution is -2.44. The van der Waals surface area contributed by atoms with Crippen molar-refractivity contribution in [2.75, 3.05) is 13.2 Å². The average Bonchev–Trinajstić information content (AvgIpc) is 2.20. The summed E-state index contributed by atoms with van der Waals surface area (Å²) >= 11 is 3.71. The molecular weight excluding hydrogens is 348 g/mol. The highest BCUT2D eigenvalue weighted by atomic mass is 79.9. The zero-order valence-corrected chi connectivity index (χ0v) is 18.8. The molecule has 0 aromatic heterocycles. The topological polar surface area (TPSA) is 18.5 Å². The largest absolute Gasteiger partial charge is 0.416 e. The summed E-state index contributed by atoms with van der Waals surface area (Å²) in [6, 6.07) is 0. The minimum atomic E-state index is -1.65. The van der Waals surface area contributed by atoms with Gasteiger partial charge in [0, 0.05) is 13.2 Å². The first-order valence-corrected chi connectivity index (χ1v) is 14.3. The van der Waals surface area contributed by atoms with Gasteiger partial charge < -0.3 is 8.85 Å². The molecule has 0 rings (SSSR count). The van der Waals surface area contributed by atoms with Gasteiger partial charge in [-0.1, -0.05) is 57.5 Å². The molecular formula is C15H35BrO2Si2. The predicted molar refractivity (Wildman–Crippen MR) is 99.0 cm³/mol. The Bertz CT molecular complexity index is 274. The summed E-state index contributed by atoms with van der Waals surface area (Å²) in [7, 11) is -3.31. The Morgan fingerprint density at radius 1 is 0.750 bits per heavy atom. The van der Waals surface area contributed by atoms with Gasteiger partial charge in [-0.2, -0.15) is 0 Å². The second kappa shape index (κ2) is 6.94. The van der Waals surface area contributed by atoms with Crippen LogP contribution < -0.4 is 0 Å². The Balaban J connectivity index is 4.31. The van der Waals surface area contributed by atoms with Gasteiger partial charge in [0.05, 0.1) is 4.83 Å². The van der Waals surface area contributed by atoms with Gasteiger partial charge in [0.2, 0.25) is 0 Å². The third kappa shape index (κ3) is 6.30. The third-order valence-electron chi connectivity index (χ3n) is 4.86. The average molecular weight is 384 g/mol. The van der Waals surface area contributed by atoms with Crippen LogP contribution >= 0.6 is 15.9 Å². The molecule has 5 heteroatoms. The highest BCUT2D eigenvalue weighted by Gasteiger charge is 2.39. The Morgan fingerprint density at radius 3 is 1.20 bits per heavy atom. The van der Waals surface area contributed by atoms with Gasteiger partial charge in [0.25, 0.3) is 0 Å². The third-order valence-corrected chi connectivity index (χ3v) is 14.4. The molecule has 2 nitrogen and oxygen atoms in total. The minimum absolute atomic E-state index is 0.264. The van der Waals surface area contributed by atoms with E-state index < -0.39 is 16.6 Å². The van der Waals surface area contributed by atoms with E-state index in [1.54, 1.807) is 0 Å². The summed E-state index contributed by atoms with van der Waals surface area (Å²) in [6.45, 7) is 24.3. The van der Waals surface area contributed by atoms with Crippen molar-refractivity contribution in [1.29, 1.82) is 0 Å². The van der Waals surface area contributed by atoms with E-state index in [4.69, 9.17) is 8.85 Å². The summed E-state index contributed by atoms with van der Waals surface area (Å²) < 4.78 is 12.5. The van der Waals surface area contributed by atoms with E-state index in [9.17, 15) is 0 Å². The lowest BCUT2D eigenvalue weighted by molar-refractivity contribution is 0.231. The summed E-state index contributed by atoms with van der Waals surface area (Å²) in [6.07, 6.45) is 0. The van der Waals surface area contributed by atoms with Crippen molar-refractivity contribution in [3.05, 3.63) is 0 Å². The lowest BCUT2D eigenvalue weighted by atomic mass is 10.2. The molecule has 0 bridgehead atoms. The first-order valence-electron chi connectivity index (χ1n) is 7.52. The van der Waals surface area contributed by atoms with Crippen molar-refractivity contribution in [1.82, 2.24) is 0 Å². The minimum Gasteiger partial charge on any atom is -0.416 e. The quantitative estimate of drug-likeness (QED) is 0.427. The van der Waals surface area contributed by atoms with Crippen LogP contribution in [-0.4, -0.2) is 34.7 Å². The Kier molecular flexibility index (Phi) is 7.23. The zero-order valence-electron chi connectivity index (χ0n) is 15.2. The number of alkyl halides is 1. The van der Waals surface area contributed by atoms with Gasteiger partial charge in [0.15, 0.2) is 16.6 Å². The molecule has 0 saturated carbocycles. The van der Waals surface area contributed by atoms with Crippen LogP contribution in [0.25, 0.3) is 0 Å². The molecule has 0 aromatic carbocycles. The summed E-state index contributed by atoms with van der Waals surface area (Å²) in [5.41, 5.74) is 0. The fraction of sp³-hybridized carbons (Fsp3) is 1.00. The van der Waals surface area contributed by atoms with Crippen LogP contribution in [0.4, 0.5) is 0 Å². The van der Waals surface area contributed by atoms with E-state index in [0.717, 1.165) is 13.2 Å². The van der Waals surface area contributed by atoms with Crippen molar-refractivity contribution >= 4 is 32.6 Å². The van der Waals surface area contributed by atoms with E-state index in [-0.39, 0.29) is 14.9 Å². The summed E-state index contributed by atoms with van der Waals surface area (Å²) in [4.78, 5) is 0.283. The van der Waals surface area contributed by atoms with Crippen molar-refractivity contribution < 1.29 is 8.85 Å². The normalized spacial score (nSPS) is 15.0. The predicted octanol–water partition coefficient (Wildman–Crippen LogP) is 5.79. The van der Waals surface area contributed by atoms with Crippen molar-refractivity contribution in [3.63, 3.8) is 0 Å². The molecule has 0 atom stereocenters. The number of hydrogen-bond acceptors (Lipinski definition) is 2. The fourth-order valence-electron chi connectivity index (χ4n) is 1.08. The van der Waals surface area contributed by atoms with Crippen LogP contribution in [0.15, 0.2) is 0 Å². The van der Waals surface area contributed by atoms with Crippen molar-refractivity contribution in [2.45, 2.75) is 82.6 Å². The van der Waals surface area contributed by atoms with Crippen LogP contribution in [0.2, 0.25) is 36.3 Å². The fourth-order valence-corrected chi connectivity index (χ4v) is 3.93. The zero-order chi connectivity index (χ0) is 16.4. The second-order valence-corrected chi connectivity index (χ2v) is 19.7. The SMILES string of the molecule is CC(C)(C)[Si](C)(C)OCC(Br)CO[Si](C)(C)C(C)(C)C. The Hall–Kier alpha value is 0.834. The van der Waals surface area contributed by atoms with Crippen LogP contribution in [0.1, 0.15) is 41.5 Å². The number of hydrogen-bond donors (Lipinski definition) is 0. The van der Waals surface area contributed by atoms with Gasteiger partial charge in [-0.15, -0.1) is 0 Å². The molecule has 0 aliphatic heterocycles. The van der Waals surface area contributed by atoms with E-state index in [0.29, 0.717) is 0 Å². The molecule has 0 saturated heterocycles.